The number of nitrogens with zero attached hydrogens (tertiary/aromatic N) is 2. The number of benzene rings is 1. The van der Waals surface area contributed by atoms with E-state index < -0.39 is 0 Å². The molecule has 2 nitrogen and oxygen atoms in total. The highest BCUT2D eigenvalue weighted by molar-refractivity contribution is 6.30. The lowest BCUT2D eigenvalue weighted by Gasteiger charge is -2.21. The second-order valence-electron chi connectivity index (χ2n) is 5.89. The van der Waals surface area contributed by atoms with Crippen molar-refractivity contribution in [2.45, 2.75) is 52.0 Å². The molecular weight excluding hydrogens is 280 g/mol. The molecular formula is C18H27ClN2. The molecule has 0 saturated heterocycles. The number of halogens is 1. The normalized spacial score (nSPS) is 14.2. The molecule has 0 atom stereocenters. The Kier molecular flexibility index (Phi) is 6.94. The van der Waals surface area contributed by atoms with Crippen molar-refractivity contribution in [2.24, 2.45) is 0 Å². The molecule has 1 aliphatic heterocycles. The van der Waals surface area contributed by atoms with Gasteiger partial charge in [0.2, 0.25) is 0 Å². The monoisotopic (exact) mass is 306 g/mol. The van der Waals surface area contributed by atoms with Crippen LogP contribution in [0.3, 0.4) is 0 Å². The van der Waals surface area contributed by atoms with Gasteiger partial charge in [-0.05, 0) is 24.1 Å². The van der Waals surface area contributed by atoms with Gasteiger partial charge < -0.3 is 9.80 Å². The van der Waals surface area contributed by atoms with Crippen molar-refractivity contribution in [3.05, 3.63) is 47.3 Å². The summed E-state index contributed by atoms with van der Waals surface area (Å²) in [6.45, 7) is 5.42. The van der Waals surface area contributed by atoms with Crippen LogP contribution in [0.4, 0.5) is 0 Å². The molecule has 3 heteroatoms. The second-order valence-corrected chi connectivity index (χ2v) is 6.33. The average molecular weight is 307 g/mol. The van der Waals surface area contributed by atoms with Crippen LogP contribution >= 0.6 is 11.6 Å². The van der Waals surface area contributed by atoms with Crippen molar-refractivity contribution in [1.82, 2.24) is 9.80 Å². The van der Waals surface area contributed by atoms with Crippen molar-refractivity contribution in [3.8, 4) is 0 Å². The van der Waals surface area contributed by atoms with Crippen LogP contribution in [0.15, 0.2) is 36.7 Å². The summed E-state index contributed by atoms with van der Waals surface area (Å²) >= 11 is 5.92. The minimum absolute atomic E-state index is 0.806. The molecule has 2 rings (SSSR count). The molecule has 116 valence electrons. The Bertz CT molecular complexity index is 427. The predicted molar refractivity (Wildman–Crippen MR) is 91.1 cm³/mol. The van der Waals surface area contributed by atoms with Gasteiger partial charge in [-0.3, -0.25) is 0 Å². The summed E-state index contributed by atoms with van der Waals surface area (Å²) in [4.78, 5) is 4.76. The SMILES string of the molecule is CCCCCCCCN1C=CN(Cc2ccc(Cl)cc2)C1. The predicted octanol–water partition coefficient (Wildman–Crippen LogP) is 5.25. The molecule has 1 aromatic carbocycles. The Morgan fingerprint density at radius 1 is 0.905 bits per heavy atom. The van der Waals surface area contributed by atoms with Gasteiger partial charge in [-0.15, -0.1) is 0 Å². The van der Waals surface area contributed by atoms with E-state index in [2.05, 4.69) is 41.3 Å². The number of hydrogen-bond acceptors (Lipinski definition) is 2. The molecule has 0 fully saturated rings. The van der Waals surface area contributed by atoms with Gasteiger partial charge in [0.05, 0.1) is 6.67 Å². The maximum Gasteiger partial charge on any atom is 0.0897 e. The largest absolute Gasteiger partial charge is 0.359 e. The molecule has 0 aliphatic carbocycles. The van der Waals surface area contributed by atoms with E-state index in [0.29, 0.717) is 0 Å². The van der Waals surface area contributed by atoms with Gasteiger partial charge in [0.25, 0.3) is 0 Å². The summed E-state index contributed by atoms with van der Waals surface area (Å²) < 4.78 is 0. The lowest BCUT2D eigenvalue weighted by molar-refractivity contribution is 0.256. The Balaban J connectivity index is 1.60. The minimum Gasteiger partial charge on any atom is -0.359 e. The summed E-state index contributed by atoms with van der Waals surface area (Å²) in [5.74, 6) is 0. The van der Waals surface area contributed by atoms with E-state index in [9.17, 15) is 0 Å². The zero-order valence-electron chi connectivity index (χ0n) is 13.1. The molecule has 1 aromatic rings. The quantitative estimate of drug-likeness (QED) is 0.575. The van der Waals surface area contributed by atoms with Crippen LogP contribution in [-0.2, 0) is 6.54 Å². The summed E-state index contributed by atoms with van der Waals surface area (Å²) in [6.07, 6.45) is 12.6. The third kappa shape index (κ3) is 6.01. The third-order valence-electron chi connectivity index (χ3n) is 3.95. The highest BCUT2D eigenvalue weighted by Crippen LogP contribution is 2.15. The zero-order valence-corrected chi connectivity index (χ0v) is 13.9. The average Bonchev–Trinajstić information content (AvgIpc) is 2.93. The maximum absolute atomic E-state index is 5.92. The van der Waals surface area contributed by atoms with E-state index in [1.165, 1.54) is 50.6 Å². The summed E-state index contributed by atoms with van der Waals surface area (Å²) in [7, 11) is 0. The standard InChI is InChI=1S/C18H27ClN2/c1-2-3-4-5-6-7-12-20-13-14-21(16-20)15-17-8-10-18(19)11-9-17/h8-11,13-14H,2-7,12,15-16H2,1H3. The van der Waals surface area contributed by atoms with Crippen LogP contribution < -0.4 is 0 Å². The van der Waals surface area contributed by atoms with Crippen molar-refractivity contribution in [3.63, 3.8) is 0 Å². The topological polar surface area (TPSA) is 6.48 Å². The Labute approximate surface area is 134 Å². The number of hydrogen-bond donors (Lipinski definition) is 0. The van der Waals surface area contributed by atoms with Gasteiger partial charge in [0, 0.05) is 30.5 Å². The lowest BCUT2D eigenvalue weighted by Crippen LogP contribution is -2.25. The van der Waals surface area contributed by atoms with Crippen LogP contribution in [0.1, 0.15) is 51.0 Å². The first kappa shape index (κ1) is 16.2. The first-order chi connectivity index (χ1) is 10.3. The van der Waals surface area contributed by atoms with Gasteiger partial charge in [0.1, 0.15) is 0 Å². The van der Waals surface area contributed by atoms with Crippen LogP contribution in [0, 0.1) is 0 Å². The lowest BCUT2D eigenvalue weighted by atomic mass is 10.1. The highest BCUT2D eigenvalue weighted by atomic mass is 35.5. The molecule has 0 saturated carbocycles. The van der Waals surface area contributed by atoms with Gasteiger partial charge in [-0.1, -0.05) is 62.8 Å². The minimum atomic E-state index is 0.806. The summed E-state index contributed by atoms with van der Waals surface area (Å²) in [6, 6.07) is 8.13. The van der Waals surface area contributed by atoms with Gasteiger partial charge >= 0.3 is 0 Å². The maximum atomic E-state index is 5.92. The molecule has 0 radical (unpaired) electrons. The fourth-order valence-electron chi connectivity index (χ4n) is 2.68. The van der Waals surface area contributed by atoms with E-state index >= 15 is 0 Å². The van der Waals surface area contributed by atoms with Crippen molar-refractivity contribution in [1.29, 1.82) is 0 Å². The zero-order chi connectivity index (χ0) is 14.9. The van der Waals surface area contributed by atoms with Crippen molar-refractivity contribution in [2.75, 3.05) is 13.2 Å². The molecule has 1 aliphatic rings. The molecule has 0 bridgehead atoms. The Morgan fingerprint density at radius 3 is 2.33 bits per heavy atom. The van der Waals surface area contributed by atoms with Gasteiger partial charge in [-0.25, -0.2) is 0 Å². The molecule has 0 aromatic heterocycles. The van der Waals surface area contributed by atoms with Crippen LogP contribution in [0.5, 0.6) is 0 Å². The highest BCUT2D eigenvalue weighted by Gasteiger charge is 2.11. The number of unbranched alkanes of at least 4 members (excludes halogenated alkanes) is 5. The van der Waals surface area contributed by atoms with Crippen LogP contribution in [0.2, 0.25) is 5.02 Å². The second kappa shape index (κ2) is 8.99. The first-order valence-corrected chi connectivity index (χ1v) is 8.56. The fraction of sp³-hybridized carbons (Fsp3) is 0.556. The fourth-order valence-corrected chi connectivity index (χ4v) is 2.81. The van der Waals surface area contributed by atoms with E-state index in [0.717, 1.165) is 18.2 Å². The van der Waals surface area contributed by atoms with E-state index in [1.54, 1.807) is 0 Å². The van der Waals surface area contributed by atoms with Crippen LogP contribution in [0.25, 0.3) is 0 Å². The van der Waals surface area contributed by atoms with Crippen molar-refractivity contribution < 1.29 is 0 Å². The van der Waals surface area contributed by atoms with Crippen LogP contribution in [-0.4, -0.2) is 23.0 Å². The molecule has 0 N–H and O–H groups in total. The molecule has 0 amide bonds. The molecule has 0 unspecified atom stereocenters. The first-order valence-electron chi connectivity index (χ1n) is 8.19. The van der Waals surface area contributed by atoms with E-state index in [1.807, 2.05) is 12.1 Å². The van der Waals surface area contributed by atoms with E-state index in [4.69, 9.17) is 11.6 Å². The third-order valence-corrected chi connectivity index (χ3v) is 4.20. The summed E-state index contributed by atoms with van der Waals surface area (Å²) in [5.41, 5.74) is 1.31. The van der Waals surface area contributed by atoms with Crippen molar-refractivity contribution >= 4 is 11.6 Å². The Hall–Kier alpha value is -1.15. The summed E-state index contributed by atoms with van der Waals surface area (Å²) in [5, 5.41) is 0.806. The molecule has 21 heavy (non-hydrogen) atoms. The molecule has 1 heterocycles. The van der Waals surface area contributed by atoms with Gasteiger partial charge in [0.15, 0.2) is 0 Å². The Morgan fingerprint density at radius 2 is 1.57 bits per heavy atom. The number of rotatable bonds is 9. The smallest absolute Gasteiger partial charge is 0.0897 e. The van der Waals surface area contributed by atoms with Gasteiger partial charge in [-0.2, -0.15) is 0 Å². The van der Waals surface area contributed by atoms with E-state index in [-0.39, 0.29) is 0 Å². The molecule has 0 spiro atoms.